The molecule has 0 aromatic heterocycles. The van der Waals surface area contributed by atoms with Crippen LogP contribution < -0.4 is 16.0 Å². The van der Waals surface area contributed by atoms with Crippen molar-refractivity contribution in [1.82, 2.24) is 16.0 Å². The summed E-state index contributed by atoms with van der Waals surface area (Å²) in [6.07, 6.45) is 1.03. The van der Waals surface area contributed by atoms with Crippen LogP contribution in [-0.4, -0.2) is 36.2 Å². The zero-order chi connectivity index (χ0) is 19.3. The molecule has 0 bridgehead atoms. The van der Waals surface area contributed by atoms with Gasteiger partial charge in [0.25, 0.3) is 0 Å². The lowest BCUT2D eigenvalue weighted by Gasteiger charge is -2.36. The van der Waals surface area contributed by atoms with E-state index < -0.39 is 17.5 Å². The first-order valence-corrected chi connectivity index (χ1v) is 8.94. The minimum atomic E-state index is -0.522. The van der Waals surface area contributed by atoms with Gasteiger partial charge in [-0.15, -0.1) is 0 Å². The number of carbonyl (C=O) groups excluding carboxylic acids is 2. The molecule has 0 heterocycles. The molecule has 1 aliphatic rings. The Morgan fingerprint density at radius 2 is 1.96 bits per heavy atom. The summed E-state index contributed by atoms with van der Waals surface area (Å²) in [4.78, 5) is 23.5. The van der Waals surface area contributed by atoms with E-state index in [0.717, 1.165) is 12.8 Å². The number of nitrogens with one attached hydrogen (secondary N) is 3. The minimum Gasteiger partial charge on any atom is -0.444 e. The summed E-state index contributed by atoms with van der Waals surface area (Å²) < 4.78 is 18.9. The average molecular weight is 386 g/mol. The second-order valence-corrected chi connectivity index (χ2v) is 7.79. The van der Waals surface area contributed by atoms with Gasteiger partial charge in [-0.05, 0) is 39.7 Å². The number of amides is 2. The van der Waals surface area contributed by atoms with Crippen LogP contribution in [0.5, 0.6) is 0 Å². The van der Waals surface area contributed by atoms with Crippen LogP contribution in [0.15, 0.2) is 18.2 Å². The van der Waals surface area contributed by atoms with Crippen molar-refractivity contribution in [2.45, 2.75) is 57.8 Å². The first-order chi connectivity index (χ1) is 12.1. The maximum atomic E-state index is 13.7. The van der Waals surface area contributed by atoms with Crippen molar-refractivity contribution in [3.8, 4) is 0 Å². The SMILES string of the molecule is CC(C)(C)OC(=O)NC1CC(NCC(=O)NCc2cccc(Cl)c2F)C1. The molecule has 0 aliphatic heterocycles. The zero-order valence-electron chi connectivity index (χ0n) is 15.2. The molecule has 6 nitrogen and oxygen atoms in total. The van der Waals surface area contributed by atoms with Gasteiger partial charge in [0.15, 0.2) is 0 Å². The highest BCUT2D eigenvalue weighted by Gasteiger charge is 2.31. The van der Waals surface area contributed by atoms with Crippen LogP contribution in [0.4, 0.5) is 9.18 Å². The van der Waals surface area contributed by atoms with E-state index >= 15 is 0 Å². The second-order valence-electron chi connectivity index (χ2n) is 7.38. The molecule has 2 rings (SSSR count). The number of hydrogen-bond donors (Lipinski definition) is 3. The fourth-order valence-electron chi connectivity index (χ4n) is 2.55. The number of halogens is 2. The van der Waals surface area contributed by atoms with Gasteiger partial charge in [0.1, 0.15) is 11.4 Å². The Morgan fingerprint density at radius 1 is 1.27 bits per heavy atom. The van der Waals surface area contributed by atoms with Gasteiger partial charge in [-0.3, -0.25) is 4.79 Å². The van der Waals surface area contributed by atoms with Gasteiger partial charge < -0.3 is 20.7 Å². The number of alkyl carbamates (subject to hydrolysis) is 1. The molecule has 3 N–H and O–H groups in total. The molecule has 0 radical (unpaired) electrons. The fraction of sp³-hybridized carbons (Fsp3) is 0.556. The van der Waals surface area contributed by atoms with Gasteiger partial charge in [-0.2, -0.15) is 0 Å². The van der Waals surface area contributed by atoms with Gasteiger partial charge in [0.2, 0.25) is 5.91 Å². The van der Waals surface area contributed by atoms with Crippen molar-refractivity contribution >= 4 is 23.6 Å². The summed E-state index contributed by atoms with van der Waals surface area (Å²) in [5.41, 5.74) is -0.178. The molecule has 2 amide bonds. The number of hydrogen-bond acceptors (Lipinski definition) is 4. The van der Waals surface area contributed by atoms with E-state index in [1.807, 2.05) is 20.8 Å². The predicted octanol–water partition coefficient (Wildman–Crippen LogP) is 2.74. The molecule has 0 atom stereocenters. The van der Waals surface area contributed by atoms with E-state index in [1.54, 1.807) is 12.1 Å². The number of benzene rings is 1. The fourth-order valence-corrected chi connectivity index (χ4v) is 2.75. The molecule has 1 aromatic carbocycles. The third kappa shape index (κ3) is 6.46. The normalized spacial score (nSPS) is 19.4. The molecule has 1 saturated carbocycles. The lowest BCUT2D eigenvalue weighted by molar-refractivity contribution is -0.120. The molecule has 0 spiro atoms. The Hall–Kier alpha value is -1.86. The van der Waals surface area contributed by atoms with E-state index in [9.17, 15) is 14.0 Å². The number of ether oxygens (including phenoxy) is 1. The molecule has 0 unspecified atom stereocenters. The standard InChI is InChI=1S/C18H25ClFN3O3/c1-18(2,3)26-17(25)23-13-7-12(8-13)21-10-15(24)22-9-11-5-4-6-14(19)16(11)20/h4-6,12-13,21H,7-10H2,1-3H3,(H,22,24)(H,23,25). The lowest BCUT2D eigenvalue weighted by Crippen LogP contribution is -2.54. The number of carbonyl (C=O) groups is 2. The molecule has 1 aliphatic carbocycles. The van der Waals surface area contributed by atoms with Crippen molar-refractivity contribution in [1.29, 1.82) is 0 Å². The minimum absolute atomic E-state index is 0.0351. The highest BCUT2D eigenvalue weighted by atomic mass is 35.5. The first-order valence-electron chi connectivity index (χ1n) is 8.56. The van der Waals surface area contributed by atoms with Gasteiger partial charge in [-0.25, -0.2) is 9.18 Å². The smallest absolute Gasteiger partial charge is 0.407 e. The first kappa shape index (κ1) is 20.5. The molecule has 1 aromatic rings. The lowest BCUT2D eigenvalue weighted by atomic mass is 9.87. The molecule has 26 heavy (non-hydrogen) atoms. The van der Waals surface area contributed by atoms with Crippen LogP contribution in [-0.2, 0) is 16.1 Å². The molecule has 144 valence electrons. The van der Waals surface area contributed by atoms with Crippen LogP contribution >= 0.6 is 11.6 Å². The van der Waals surface area contributed by atoms with E-state index in [-0.39, 0.29) is 36.1 Å². The molecule has 8 heteroatoms. The van der Waals surface area contributed by atoms with Crippen LogP contribution in [0.2, 0.25) is 5.02 Å². The van der Waals surface area contributed by atoms with Crippen molar-refractivity contribution in [2.75, 3.05) is 6.54 Å². The maximum absolute atomic E-state index is 13.7. The van der Waals surface area contributed by atoms with Crippen LogP contribution in [0.3, 0.4) is 0 Å². The Labute approximate surface area is 157 Å². The monoisotopic (exact) mass is 385 g/mol. The van der Waals surface area contributed by atoms with Crippen molar-refractivity contribution in [2.24, 2.45) is 0 Å². The van der Waals surface area contributed by atoms with E-state index in [1.165, 1.54) is 6.07 Å². The van der Waals surface area contributed by atoms with E-state index in [2.05, 4.69) is 16.0 Å². The average Bonchev–Trinajstić information content (AvgIpc) is 2.49. The summed E-state index contributed by atoms with van der Waals surface area (Å²) >= 11 is 5.70. The van der Waals surface area contributed by atoms with Crippen molar-refractivity contribution in [3.63, 3.8) is 0 Å². The summed E-state index contributed by atoms with van der Waals surface area (Å²) in [6, 6.07) is 4.88. The highest BCUT2D eigenvalue weighted by Crippen LogP contribution is 2.20. The second kappa shape index (κ2) is 8.68. The molecule has 0 saturated heterocycles. The zero-order valence-corrected chi connectivity index (χ0v) is 16.0. The Balaban J connectivity index is 1.61. The van der Waals surface area contributed by atoms with Gasteiger partial charge >= 0.3 is 6.09 Å². The van der Waals surface area contributed by atoms with Gasteiger partial charge in [0, 0.05) is 24.2 Å². The summed E-state index contributed by atoms with van der Waals surface area (Å²) in [5.74, 6) is -0.745. The van der Waals surface area contributed by atoms with Crippen LogP contribution in [0.25, 0.3) is 0 Å². The van der Waals surface area contributed by atoms with E-state index in [4.69, 9.17) is 16.3 Å². The maximum Gasteiger partial charge on any atom is 0.407 e. The molecular formula is C18H25ClFN3O3. The topological polar surface area (TPSA) is 79.5 Å². The summed E-state index contributed by atoms with van der Waals surface area (Å²) in [5, 5.41) is 8.59. The van der Waals surface area contributed by atoms with Gasteiger partial charge in [0.05, 0.1) is 11.6 Å². The highest BCUT2D eigenvalue weighted by molar-refractivity contribution is 6.30. The Kier molecular flexibility index (Phi) is 6.83. The van der Waals surface area contributed by atoms with Crippen LogP contribution in [0.1, 0.15) is 39.2 Å². The third-order valence-corrected chi connectivity index (χ3v) is 4.21. The van der Waals surface area contributed by atoms with Crippen molar-refractivity contribution < 1.29 is 18.7 Å². The van der Waals surface area contributed by atoms with Crippen molar-refractivity contribution in [3.05, 3.63) is 34.6 Å². The Bertz CT molecular complexity index is 658. The Morgan fingerprint density at radius 3 is 2.62 bits per heavy atom. The van der Waals surface area contributed by atoms with Crippen LogP contribution in [0, 0.1) is 5.82 Å². The van der Waals surface area contributed by atoms with E-state index in [0.29, 0.717) is 5.56 Å². The van der Waals surface area contributed by atoms with Gasteiger partial charge in [-0.1, -0.05) is 23.7 Å². The summed E-state index contributed by atoms with van der Waals surface area (Å²) in [6.45, 7) is 5.65. The summed E-state index contributed by atoms with van der Waals surface area (Å²) in [7, 11) is 0. The predicted molar refractivity (Wildman–Crippen MR) is 97.4 cm³/mol. The quantitative estimate of drug-likeness (QED) is 0.703. The molecular weight excluding hydrogens is 361 g/mol. The largest absolute Gasteiger partial charge is 0.444 e. The molecule has 1 fully saturated rings. The third-order valence-electron chi connectivity index (χ3n) is 3.92. The number of rotatable bonds is 6.